The first-order valence-corrected chi connectivity index (χ1v) is 7.65. The van der Waals surface area contributed by atoms with Crippen molar-refractivity contribution in [3.05, 3.63) is 73.8 Å². The van der Waals surface area contributed by atoms with Crippen LogP contribution < -0.4 is 5.56 Å². The highest BCUT2D eigenvalue weighted by molar-refractivity contribution is 7.09. The van der Waals surface area contributed by atoms with Gasteiger partial charge in [0.2, 0.25) is 5.91 Å². The molecule has 0 saturated carbocycles. The molecule has 2 heterocycles. The van der Waals surface area contributed by atoms with Gasteiger partial charge in [-0.25, -0.2) is 0 Å². The van der Waals surface area contributed by atoms with E-state index in [2.05, 4.69) is 6.58 Å². The molecular weight excluding hydrogens is 318 g/mol. The summed E-state index contributed by atoms with van der Waals surface area (Å²) in [4.78, 5) is 36.9. The molecule has 120 valence electrons. The van der Waals surface area contributed by atoms with Crippen LogP contribution in [0, 0.1) is 10.1 Å². The van der Waals surface area contributed by atoms with Crippen molar-refractivity contribution in [1.82, 2.24) is 9.47 Å². The summed E-state index contributed by atoms with van der Waals surface area (Å²) in [6.45, 7) is 4.12. The van der Waals surface area contributed by atoms with Gasteiger partial charge < -0.3 is 4.90 Å². The van der Waals surface area contributed by atoms with Crippen molar-refractivity contribution >= 4 is 22.9 Å². The second-order valence-electron chi connectivity index (χ2n) is 4.75. The van der Waals surface area contributed by atoms with Crippen LogP contribution >= 0.6 is 11.3 Å². The van der Waals surface area contributed by atoms with E-state index >= 15 is 0 Å². The van der Waals surface area contributed by atoms with Gasteiger partial charge in [-0.3, -0.25) is 24.3 Å². The highest BCUT2D eigenvalue weighted by Gasteiger charge is 2.16. The highest BCUT2D eigenvalue weighted by atomic mass is 32.1. The number of aromatic nitrogens is 1. The second kappa shape index (κ2) is 7.50. The van der Waals surface area contributed by atoms with Crippen molar-refractivity contribution < 1.29 is 9.72 Å². The van der Waals surface area contributed by atoms with Crippen LogP contribution in [0.25, 0.3) is 0 Å². The number of hydrogen-bond donors (Lipinski definition) is 0. The predicted molar refractivity (Wildman–Crippen MR) is 87.3 cm³/mol. The molecule has 8 heteroatoms. The molecule has 0 aliphatic carbocycles. The summed E-state index contributed by atoms with van der Waals surface area (Å²) >= 11 is 1.52. The SMILES string of the molecule is C=CCN(Cc1cccs1)C(=O)Cn1cc([N+](=O)[O-])ccc1=O. The Labute approximate surface area is 136 Å². The van der Waals surface area contributed by atoms with Crippen LogP contribution in [0.4, 0.5) is 5.69 Å². The van der Waals surface area contributed by atoms with Gasteiger partial charge >= 0.3 is 0 Å². The minimum absolute atomic E-state index is 0.231. The van der Waals surface area contributed by atoms with E-state index in [-0.39, 0.29) is 18.1 Å². The molecule has 2 rings (SSSR count). The lowest BCUT2D eigenvalue weighted by atomic mass is 10.3. The van der Waals surface area contributed by atoms with Crippen LogP contribution in [0.5, 0.6) is 0 Å². The molecule has 0 aromatic carbocycles. The van der Waals surface area contributed by atoms with E-state index in [1.807, 2.05) is 17.5 Å². The van der Waals surface area contributed by atoms with E-state index in [0.29, 0.717) is 13.1 Å². The fourth-order valence-corrected chi connectivity index (χ4v) is 2.72. The maximum atomic E-state index is 12.4. The molecule has 0 spiro atoms. The molecule has 7 nitrogen and oxygen atoms in total. The predicted octanol–water partition coefficient (Wildman–Crippen LogP) is 2.03. The van der Waals surface area contributed by atoms with Crippen LogP contribution in [0.15, 0.2) is 53.3 Å². The molecule has 2 aromatic heterocycles. The number of carbonyl (C=O) groups is 1. The number of hydrogen-bond acceptors (Lipinski definition) is 5. The number of pyridine rings is 1. The van der Waals surface area contributed by atoms with E-state index in [1.54, 1.807) is 11.0 Å². The van der Waals surface area contributed by atoms with Gasteiger partial charge in [-0.05, 0) is 11.4 Å². The lowest BCUT2D eigenvalue weighted by Crippen LogP contribution is -2.35. The average Bonchev–Trinajstić information content (AvgIpc) is 3.01. The Morgan fingerprint density at radius 1 is 1.43 bits per heavy atom. The van der Waals surface area contributed by atoms with Gasteiger partial charge in [0.15, 0.2) is 0 Å². The summed E-state index contributed by atoms with van der Waals surface area (Å²) in [7, 11) is 0. The van der Waals surface area contributed by atoms with Gasteiger partial charge in [0, 0.05) is 23.6 Å². The largest absolute Gasteiger partial charge is 0.332 e. The Morgan fingerprint density at radius 3 is 2.83 bits per heavy atom. The van der Waals surface area contributed by atoms with Gasteiger partial charge in [0.05, 0.1) is 17.7 Å². The zero-order chi connectivity index (χ0) is 16.8. The first-order chi connectivity index (χ1) is 11.0. The van der Waals surface area contributed by atoms with Gasteiger partial charge in [0.25, 0.3) is 11.2 Å². The Morgan fingerprint density at radius 2 is 2.22 bits per heavy atom. The van der Waals surface area contributed by atoms with Crippen molar-refractivity contribution in [3.8, 4) is 0 Å². The summed E-state index contributed by atoms with van der Waals surface area (Å²) in [6, 6.07) is 6.01. The minimum atomic E-state index is -0.604. The topological polar surface area (TPSA) is 85.4 Å². The zero-order valence-corrected chi connectivity index (χ0v) is 13.1. The normalized spacial score (nSPS) is 10.3. The van der Waals surface area contributed by atoms with Crippen molar-refractivity contribution in [3.63, 3.8) is 0 Å². The third-order valence-corrected chi connectivity index (χ3v) is 3.97. The maximum Gasteiger partial charge on any atom is 0.285 e. The number of nitrogens with zero attached hydrogens (tertiary/aromatic N) is 3. The molecule has 0 aliphatic rings. The molecule has 23 heavy (non-hydrogen) atoms. The average molecular weight is 333 g/mol. The number of nitro groups is 1. The third-order valence-electron chi connectivity index (χ3n) is 3.11. The van der Waals surface area contributed by atoms with Crippen molar-refractivity contribution in [1.29, 1.82) is 0 Å². The van der Waals surface area contributed by atoms with Crippen LogP contribution in [0.1, 0.15) is 4.88 Å². The third kappa shape index (κ3) is 4.36. The van der Waals surface area contributed by atoms with Crippen molar-refractivity contribution in [2.45, 2.75) is 13.1 Å². The lowest BCUT2D eigenvalue weighted by molar-refractivity contribution is -0.385. The summed E-state index contributed by atoms with van der Waals surface area (Å²) in [5, 5.41) is 12.7. The molecule has 0 radical (unpaired) electrons. The summed E-state index contributed by atoms with van der Waals surface area (Å²) in [5.41, 5.74) is -0.690. The van der Waals surface area contributed by atoms with E-state index < -0.39 is 10.5 Å². The summed E-state index contributed by atoms with van der Waals surface area (Å²) in [6.07, 6.45) is 2.68. The van der Waals surface area contributed by atoms with Crippen LogP contribution in [0.3, 0.4) is 0 Å². The fraction of sp³-hybridized carbons (Fsp3) is 0.200. The molecule has 0 fully saturated rings. The fourth-order valence-electron chi connectivity index (χ4n) is 2.00. The molecule has 2 aromatic rings. The van der Waals surface area contributed by atoms with E-state index in [0.717, 1.165) is 27.8 Å². The Bertz CT molecular complexity index is 767. The quantitative estimate of drug-likeness (QED) is 0.441. The van der Waals surface area contributed by atoms with Crippen LogP contribution in [-0.2, 0) is 17.9 Å². The smallest absolute Gasteiger partial charge is 0.285 e. The van der Waals surface area contributed by atoms with Crippen molar-refractivity contribution in [2.24, 2.45) is 0 Å². The molecule has 0 bridgehead atoms. The molecule has 0 atom stereocenters. The molecule has 0 saturated heterocycles. The Balaban J connectivity index is 2.18. The molecule has 0 aliphatic heterocycles. The summed E-state index contributed by atoms with van der Waals surface area (Å²) < 4.78 is 1.05. The van der Waals surface area contributed by atoms with Crippen LogP contribution in [-0.4, -0.2) is 26.8 Å². The van der Waals surface area contributed by atoms with E-state index in [1.165, 1.54) is 11.3 Å². The summed E-state index contributed by atoms with van der Waals surface area (Å²) in [5.74, 6) is -0.305. The molecule has 0 unspecified atom stereocenters. The number of carbonyl (C=O) groups excluding carboxylic acids is 1. The number of rotatable bonds is 7. The van der Waals surface area contributed by atoms with Gasteiger partial charge in [-0.1, -0.05) is 12.1 Å². The van der Waals surface area contributed by atoms with Gasteiger partial charge in [-0.2, -0.15) is 0 Å². The standard InChI is InChI=1S/C15H15N3O4S/c1-2-7-16(10-13-4-3-8-23-13)15(20)11-17-9-12(18(21)22)5-6-14(17)19/h2-6,8-9H,1,7,10-11H2. The van der Waals surface area contributed by atoms with Gasteiger partial charge in [-0.15, -0.1) is 17.9 Å². The first kappa shape index (κ1) is 16.6. The number of thiophene rings is 1. The molecule has 0 N–H and O–H groups in total. The highest BCUT2D eigenvalue weighted by Crippen LogP contribution is 2.13. The first-order valence-electron chi connectivity index (χ1n) is 6.77. The van der Waals surface area contributed by atoms with Gasteiger partial charge in [0.1, 0.15) is 6.54 Å². The lowest BCUT2D eigenvalue weighted by Gasteiger charge is -2.20. The zero-order valence-electron chi connectivity index (χ0n) is 12.3. The maximum absolute atomic E-state index is 12.4. The van der Waals surface area contributed by atoms with E-state index in [4.69, 9.17) is 0 Å². The number of amides is 1. The molecular formula is C15H15N3O4S. The minimum Gasteiger partial charge on any atom is -0.332 e. The monoisotopic (exact) mass is 333 g/mol. The Kier molecular flexibility index (Phi) is 5.42. The molecule has 1 amide bonds. The van der Waals surface area contributed by atoms with Crippen molar-refractivity contribution in [2.75, 3.05) is 6.54 Å². The second-order valence-corrected chi connectivity index (χ2v) is 5.79. The Hall–Kier alpha value is -2.74. The van der Waals surface area contributed by atoms with Crippen LogP contribution in [0.2, 0.25) is 0 Å². The van der Waals surface area contributed by atoms with E-state index in [9.17, 15) is 19.7 Å².